The van der Waals surface area contributed by atoms with Gasteiger partial charge in [0.2, 0.25) is 0 Å². The van der Waals surface area contributed by atoms with Gasteiger partial charge in [0.25, 0.3) is 0 Å². The molecular weight excluding hydrogens is 318 g/mol. The monoisotopic (exact) mass is 355 g/mol. The quantitative estimate of drug-likeness (QED) is 0.391. The summed E-state index contributed by atoms with van der Waals surface area (Å²) in [6, 6.07) is 0. The van der Waals surface area contributed by atoms with E-state index in [1.807, 2.05) is 20.8 Å². The Kier molecular flexibility index (Phi) is 10.7. The van der Waals surface area contributed by atoms with Gasteiger partial charge in [0.15, 0.2) is 0 Å². The summed E-state index contributed by atoms with van der Waals surface area (Å²) in [6.07, 6.45) is 1.20. The topological polar surface area (TPSA) is 56.8 Å². The van der Waals surface area contributed by atoms with E-state index in [0.29, 0.717) is 33.0 Å². The highest BCUT2D eigenvalue weighted by Crippen LogP contribution is 2.32. The first kappa shape index (κ1) is 23.7. The zero-order valence-electron chi connectivity index (χ0n) is 17.0. The minimum absolute atomic E-state index is 0.0318. The minimum Gasteiger partial charge on any atom is -0.450 e. The van der Waals surface area contributed by atoms with Gasteiger partial charge in [0.05, 0.1) is 32.0 Å². The van der Waals surface area contributed by atoms with Gasteiger partial charge >= 0.3 is 6.09 Å². The van der Waals surface area contributed by atoms with Crippen LogP contribution in [0.2, 0.25) is 0 Å². The lowest BCUT2D eigenvalue weighted by Crippen LogP contribution is -2.52. The van der Waals surface area contributed by atoms with Crippen LogP contribution in [0.1, 0.15) is 54.4 Å². The standard InChI is InChI=1S/C20H37NO4/c1-9-25-18(22)21-20(8,15-24-13-17(4)5)14-19(6,7)10-11-23-12-16(2)3/h2,4,9-15H2,1,3,5-8H3,(H,21,22). The van der Waals surface area contributed by atoms with Gasteiger partial charge in [0.1, 0.15) is 0 Å². The van der Waals surface area contributed by atoms with Crippen LogP contribution in [0.5, 0.6) is 0 Å². The van der Waals surface area contributed by atoms with Gasteiger partial charge in [-0.25, -0.2) is 4.79 Å². The summed E-state index contributed by atoms with van der Waals surface area (Å²) >= 11 is 0. The molecule has 1 atom stereocenters. The van der Waals surface area contributed by atoms with Crippen LogP contribution in [-0.2, 0) is 14.2 Å². The molecule has 0 rings (SSSR count). The molecule has 0 aliphatic rings. The summed E-state index contributed by atoms with van der Waals surface area (Å²) in [5.74, 6) is 0. The van der Waals surface area contributed by atoms with Gasteiger partial charge in [-0.05, 0) is 46.0 Å². The highest BCUT2D eigenvalue weighted by atomic mass is 16.5. The van der Waals surface area contributed by atoms with Crippen LogP contribution in [0.4, 0.5) is 4.79 Å². The number of amides is 1. The molecule has 0 aliphatic heterocycles. The molecule has 0 spiro atoms. The van der Waals surface area contributed by atoms with Crippen molar-refractivity contribution in [1.82, 2.24) is 5.32 Å². The highest BCUT2D eigenvalue weighted by Gasteiger charge is 2.34. The predicted octanol–water partition coefficient (Wildman–Crippen LogP) is 4.48. The summed E-state index contributed by atoms with van der Waals surface area (Å²) < 4.78 is 16.4. The number of rotatable bonds is 13. The van der Waals surface area contributed by atoms with Gasteiger partial charge in [-0.3, -0.25) is 0 Å². The highest BCUT2D eigenvalue weighted by molar-refractivity contribution is 5.68. The zero-order chi connectivity index (χ0) is 19.5. The molecule has 1 N–H and O–H groups in total. The first-order valence-corrected chi connectivity index (χ1v) is 8.89. The van der Waals surface area contributed by atoms with Crippen molar-refractivity contribution in [2.45, 2.75) is 59.9 Å². The molecule has 0 aromatic rings. The maximum absolute atomic E-state index is 11.9. The van der Waals surface area contributed by atoms with Crippen molar-refractivity contribution in [3.63, 3.8) is 0 Å². The number of ether oxygens (including phenoxy) is 3. The number of carbonyl (C=O) groups is 1. The smallest absolute Gasteiger partial charge is 0.407 e. The molecule has 0 radical (unpaired) electrons. The lowest BCUT2D eigenvalue weighted by molar-refractivity contribution is 0.0468. The van der Waals surface area contributed by atoms with E-state index in [4.69, 9.17) is 14.2 Å². The summed E-state index contributed by atoms with van der Waals surface area (Å²) in [7, 11) is 0. The van der Waals surface area contributed by atoms with E-state index in [1.54, 1.807) is 6.92 Å². The van der Waals surface area contributed by atoms with Crippen LogP contribution in [0, 0.1) is 5.41 Å². The predicted molar refractivity (Wildman–Crippen MR) is 103 cm³/mol. The van der Waals surface area contributed by atoms with Crippen LogP contribution < -0.4 is 5.32 Å². The van der Waals surface area contributed by atoms with Gasteiger partial charge in [0, 0.05) is 6.61 Å². The Morgan fingerprint density at radius 1 is 1.04 bits per heavy atom. The van der Waals surface area contributed by atoms with Crippen molar-refractivity contribution in [2.75, 3.05) is 33.0 Å². The molecule has 0 aliphatic carbocycles. The van der Waals surface area contributed by atoms with Crippen molar-refractivity contribution in [2.24, 2.45) is 5.41 Å². The molecule has 146 valence electrons. The number of hydrogen-bond donors (Lipinski definition) is 1. The molecule has 0 fully saturated rings. The van der Waals surface area contributed by atoms with Crippen LogP contribution in [0.15, 0.2) is 24.3 Å². The van der Waals surface area contributed by atoms with E-state index >= 15 is 0 Å². The summed E-state index contributed by atoms with van der Waals surface area (Å²) in [4.78, 5) is 11.9. The van der Waals surface area contributed by atoms with E-state index in [0.717, 1.165) is 24.0 Å². The maximum atomic E-state index is 11.9. The third-order valence-corrected chi connectivity index (χ3v) is 3.59. The van der Waals surface area contributed by atoms with Crippen molar-refractivity contribution >= 4 is 6.09 Å². The average Bonchev–Trinajstić information content (AvgIpc) is 2.42. The molecule has 5 nitrogen and oxygen atoms in total. The second-order valence-corrected chi connectivity index (χ2v) is 7.96. The molecule has 1 amide bonds. The lowest BCUT2D eigenvalue weighted by Gasteiger charge is -2.37. The second kappa shape index (κ2) is 11.3. The van der Waals surface area contributed by atoms with E-state index in [9.17, 15) is 4.79 Å². The Bertz CT molecular complexity index is 445. The average molecular weight is 356 g/mol. The van der Waals surface area contributed by atoms with Crippen LogP contribution in [0.25, 0.3) is 0 Å². The van der Waals surface area contributed by atoms with Crippen LogP contribution in [0.3, 0.4) is 0 Å². The first-order valence-electron chi connectivity index (χ1n) is 8.89. The van der Waals surface area contributed by atoms with Gasteiger partial charge < -0.3 is 19.5 Å². The zero-order valence-corrected chi connectivity index (χ0v) is 17.0. The van der Waals surface area contributed by atoms with Crippen LogP contribution >= 0.6 is 0 Å². The SMILES string of the molecule is C=C(C)COCCC(C)(C)CC(C)(COCC(=C)C)NC(=O)OCC. The van der Waals surface area contributed by atoms with Crippen molar-refractivity contribution in [3.8, 4) is 0 Å². The van der Waals surface area contributed by atoms with Gasteiger partial charge in [-0.1, -0.05) is 38.2 Å². The molecule has 0 aromatic carbocycles. The fourth-order valence-electron chi connectivity index (χ4n) is 2.73. The summed E-state index contributed by atoms with van der Waals surface area (Å²) in [5.41, 5.74) is 1.40. The molecule has 1 unspecified atom stereocenters. The van der Waals surface area contributed by atoms with E-state index in [1.165, 1.54) is 0 Å². The molecular formula is C20H37NO4. The Hall–Kier alpha value is -1.33. The number of nitrogens with one attached hydrogen (secondary N) is 1. The largest absolute Gasteiger partial charge is 0.450 e. The summed E-state index contributed by atoms with van der Waals surface area (Å²) in [6.45, 7) is 22.1. The number of alkyl carbamates (subject to hydrolysis) is 1. The molecule has 5 heteroatoms. The van der Waals surface area contributed by atoms with Gasteiger partial charge in [-0.15, -0.1) is 0 Å². The third-order valence-electron chi connectivity index (χ3n) is 3.59. The fraction of sp³-hybridized carbons (Fsp3) is 0.750. The number of hydrogen-bond acceptors (Lipinski definition) is 4. The van der Waals surface area contributed by atoms with E-state index < -0.39 is 11.6 Å². The van der Waals surface area contributed by atoms with Crippen molar-refractivity contribution in [1.29, 1.82) is 0 Å². The maximum Gasteiger partial charge on any atom is 0.407 e. The lowest BCUT2D eigenvalue weighted by atomic mass is 9.77. The normalized spacial score (nSPS) is 13.8. The summed E-state index contributed by atoms with van der Waals surface area (Å²) in [5, 5.41) is 2.96. The fourth-order valence-corrected chi connectivity index (χ4v) is 2.73. The Morgan fingerprint density at radius 2 is 1.60 bits per heavy atom. The molecule has 0 bridgehead atoms. The Morgan fingerprint density at radius 3 is 2.12 bits per heavy atom. The van der Waals surface area contributed by atoms with E-state index in [2.05, 4.69) is 32.3 Å². The van der Waals surface area contributed by atoms with E-state index in [-0.39, 0.29) is 5.41 Å². The molecule has 0 saturated heterocycles. The van der Waals surface area contributed by atoms with Crippen LogP contribution in [-0.4, -0.2) is 44.7 Å². The third kappa shape index (κ3) is 12.7. The molecule has 0 saturated carbocycles. The van der Waals surface area contributed by atoms with Crippen molar-refractivity contribution < 1.29 is 19.0 Å². The molecule has 0 heterocycles. The van der Waals surface area contributed by atoms with Crippen molar-refractivity contribution in [3.05, 3.63) is 24.3 Å². The Balaban J connectivity index is 4.77. The van der Waals surface area contributed by atoms with Gasteiger partial charge in [-0.2, -0.15) is 0 Å². The molecule has 25 heavy (non-hydrogen) atoms. The second-order valence-electron chi connectivity index (χ2n) is 7.96. The molecule has 0 aromatic heterocycles. The first-order chi connectivity index (χ1) is 11.5. The minimum atomic E-state index is -0.528. The number of carbonyl (C=O) groups excluding carboxylic acids is 1. The Labute approximate surface area is 153 Å².